The van der Waals surface area contributed by atoms with Gasteiger partial charge in [0.2, 0.25) is 0 Å². The molecule has 0 spiro atoms. The van der Waals surface area contributed by atoms with Crippen molar-refractivity contribution in [3.8, 4) is 0 Å². The average molecular weight is 344 g/mol. The number of unbranched alkanes of at least 4 members (excludes halogenated alkanes) is 2. The van der Waals surface area contributed by atoms with Gasteiger partial charge in [-0.25, -0.2) is 4.68 Å². The largest absolute Gasteiger partial charge is 0.248 e. The van der Waals surface area contributed by atoms with Crippen LogP contribution in [0.5, 0.6) is 0 Å². The van der Waals surface area contributed by atoms with Crippen molar-refractivity contribution < 1.29 is 0 Å². The predicted octanol–water partition coefficient (Wildman–Crippen LogP) is 6.43. The van der Waals surface area contributed by atoms with E-state index in [0.717, 1.165) is 37.9 Å². The summed E-state index contributed by atoms with van der Waals surface area (Å²) >= 11 is 0. The number of rotatable bonds is 12. The summed E-state index contributed by atoms with van der Waals surface area (Å²) in [5, 5.41) is 8.49. The van der Waals surface area contributed by atoms with Gasteiger partial charge < -0.3 is 0 Å². The lowest BCUT2D eigenvalue weighted by Gasteiger charge is -2.02. The number of hydrogen-bond acceptors (Lipinski definition) is 2. The highest BCUT2D eigenvalue weighted by Crippen LogP contribution is 2.11. The monoisotopic (exact) mass is 343 g/mol. The molecule has 0 radical (unpaired) electrons. The minimum absolute atomic E-state index is 0.829. The molecular weight excluding hydrogens is 306 g/mol. The maximum atomic E-state index is 4.26. The Morgan fingerprint density at radius 1 is 0.960 bits per heavy atom. The van der Waals surface area contributed by atoms with Gasteiger partial charge in [-0.05, 0) is 66.2 Å². The molecule has 3 heteroatoms. The van der Waals surface area contributed by atoms with Crippen molar-refractivity contribution in [3.05, 3.63) is 46.8 Å². The third-order valence-electron chi connectivity index (χ3n) is 4.37. The minimum Gasteiger partial charge on any atom is -0.248 e. The van der Waals surface area contributed by atoms with Gasteiger partial charge >= 0.3 is 0 Å². The lowest BCUT2D eigenvalue weighted by Crippen LogP contribution is -1.96. The van der Waals surface area contributed by atoms with E-state index >= 15 is 0 Å². The van der Waals surface area contributed by atoms with E-state index in [4.69, 9.17) is 0 Å². The van der Waals surface area contributed by atoms with E-state index < -0.39 is 0 Å². The van der Waals surface area contributed by atoms with Gasteiger partial charge in [-0.3, -0.25) is 0 Å². The summed E-state index contributed by atoms with van der Waals surface area (Å²) < 4.78 is 1.95. The van der Waals surface area contributed by atoms with Crippen LogP contribution in [-0.4, -0.2) is 15.0 Å². The molecular formula is C22H37N3. The average Bonchev–Trinajstić information content (AvgIpc) is 3.01. The molecule has 0 aliphatic heterocycles. The van der Waals surface area contributed by atoms with E-state index in [1.54, 1.807) is 0 Å². The first kappa shape index (κ1) is 21.4. The Morgan fingerprint density at radius 2 is 1.64 bits per heavy atom. The number of allylic oxidation sites excluding steroid dienone is 6. The molecule has 0 aliphatic carbocycles. The molecule has 0 aromatic carbocycles. The molecule has 0 amide bonds. The fourth-order valence-corrected chi connectivity index (χ4v) is 2.69. The quantitative estimate of drug-likeness (QED) is 0.323. The van der Waals surface area contributed by atoms with Crippen molar-refractivity contribution in [2.75, 3.05) is 0 Å². The summed E-state index contributed by atoms with van der Waals surface area (Å²) in [6.45, 7) is 11.8. The first-order valence-corrected chi connectivity index (χ1v) is 9.85. The first-order chi connectivity index (χ1) is 12.0. The normalized spacial score (nSPS) is 12.5. The molecule has 0 unspecified atom stereocenters. The van der Waals surface area contributed by atoms with Crippen molar-refractivity contribution in [2.45, 2.75) is 92.5 Å². The lowest BCUT2D eigenvalue weighted by atomic mass is 10.1. The molecule has 140 valence electrons. The van der Waals surface area contributed by atoms with Crippen molar-refractivity contribution in [3.63, 3.8) is 0 Å². The van der Waals surface area contributed by atoms with Crippen LogP contribution in [0.2, 0.25) is 0 Å². The van der Waals surface area contributed by atoms with Gasteiger partial charge in [0.25, 0.3) is 0 Å². The summed E-state index contributed by atoms with van der Waals surface area (Å²) in [5.41, 5.74) is 5.46. The van der Waals surface area contributed by atoms with Crippen LogP contribution in [0.4, 0.5) is 0 Å². The molecule has 0 saturated carbocycles. The molecule has 3 nitrogen and oxygen atoms in total. The third-order valence-corrected chi connectivity index (χ3v) is 4.37. The summed E-state index contributed by atoms with van der Waals surface area (Å²) in [6, 6.07) is 0. The van der Waals surface area contributed by atoms with Crippen LogP contribution in [0.15, 0.2) is 41.1 Å². The van der Waals surface area contributed by atoms with Gasteiger partial charge in [-0.2, -0.15) is 0 Å². The van der Waals surface area contributed by atoms with E-state index in [1.807, 2.05) is 4.68 Å². The Kier molecular flexibility index (Phi) is 10.9. The zero-order chi connectivity index (χ0) is 18.5. The smallest absolute Gasteiger partial charge is 0.0827 e. The Balaban J connectivity index is 2.30. The number of nitrogens with zero attached hydrogens (tertiary/aromatic N) is 3. The van der Waals surface area contributed by atoms with E-state index in [0.29, 0.717) is 0 Å². The van der Waals surface area contributed by atoms with Crippen LogP contribution < -0.4 is 0 Å². The first-order valence-electron chi connectivity index (χ1n) is 9.85. The standard InChI is InChI=1S/C22H37N3/c1-6-7-8-15-22-18-25(24-23-22)17-16-21(5)14-10-13-20(4)12-9-11-19(2)3/h11,13,16,18H,6-10,12,14-15,17H2,1-5H3/b20-13+,21-16+. The molecule has 0 saturated heterocycles. The third kappa shape index (κ3) is 10.8. The number of aromatic nitrogens is 3. The summed E-state index contributed by atoms with van der Waals surface area (Å²) in [7, 11) is 0. The number of aryl methyl sites for hydroxylation is 1. The van der Waals surface area contributed by atoms with Crippen LogP contribution in [0.25, 0.3) is 0 Å². The maximum absolute atomic E-state index is 4.26. The second-order valence-electron chi connectivity index (χ2n) is 7.35. The van der Waals surface area contributed by atoms with E-state index in [-0.39, 0.29) is 0 Å². The highest BCUT2D eigenvalue weighted by molar-refractivity contribution is 5.05. The van der Waals surface area contributed by atoms with Crippen LogP contribution >= 0.6 is 0 Å². The lowest BCUT2D eigenvalue weighted by molar-refractivity contribution is 0.655. The highest BCUT2D eigenvalue weighted by atomic mass is 15.4. The Labute approximate surface area is 154 Å². The number of hydrogen-bond donors (Lipinski definition) is 0. The SMILES string of the molecule is CCCCCc1cn(C/C=C(\C)CC/C=C(\C)CCC=C(C)C)nn1. The highest BCUT2D eigenvalue weighted by Gasteiger charge is 1.99. The van der Waals surface area contributed by atoms with Crippen molar-refractivity contribution in [1.29, 1.82) is 0 Å². The van der Waals surface area contributed by atoms with E-state index in [1.165, 1.54) is 42.4 Å². The molecule has 1 aromatic heterocycles. The molecule has 0 N–H and O–H groups in total. The zero-order valence-corrected chi connectivity index (χ0v) is 17.0. The molecule has 1 aromatic rings. The Hall–Kier alpha value is -1.64. The van der Waals surface area contributed by atoms with Crippen LogP contribution in [0.3, 0.4) is 0 Å². The van der Waals surface area contributed by atoms with Crippen molar-refractivity contribution in [2.24, 2.45) is 0 Å². The van der Waals surface area contributed by atoms with Gasteiger partial charge in [0, 0.05) is 6.20 Å². The molecule has 0 atom stereocenters. The van der Waals surface area contributed by atoms with E-state index in [9.17, 15) is 0 Å². The van der Waals surface area contributed by atoms with Crippen LogP contribution in [-0.2, 0) is 13.0 Å². The van der Waals surface area contributed by atoms with Gasteiger partial charge in [0.15, 0.2) is 0 Å². The minimum atomic E-state index is 0.829. The molecule has 25 heavy (non-hydrogen) atoms. The summed E-state index contributed by atoms with van der Waals surface area (Å²) in [4.78, 5) is 0. The fourth-order valence-electron chi connectivity index (χ4n) is 2.69. The molecule has 0 aliphatic rings. The van der Waals surface area contributed by atoms with Crippen LogP contribution in [0.1, 0.15) is 85.3 Å². The molecule has 1 rings (SSSR count). The Morgan fingerprint density at radius 3 is 2.32 bits per heavy atom. The van der Waals surface area contributed by atoms with Crippen molar-refractivity contribution in [1.82, 2.24) is 15.0 Å². The van der Waals surface area contributed by atoms with Gasteiger partial charge in [-0.1, -0.05) is 59.9 Å². The maximum Gasteiger partial charge on any atom is 0.0827 e. The zero-order valence-electron chi connectivity index (χ0n) is 17.0. The van der Waals surface area contributed by atoms with E-state index in [2.05, 4.69) is 69.4 Å². The second-order valence-corrected chi connectivity index (χ2v) is 7.35. The second kappa shape index (κ2) is 12.7. The summed E-state index contributed by atoms with van der Waals surface area (Å²) in [5.74, 6) is 0. The fraction of sp³-hybridized carbons (Fsp3) is 0.636. The predicted molar refractivity (Wildman–Crippen MR) is 109 cm³/mol. The summed E-state index contributed by atoms with van der Waals surface area (Å²) in [6.07, 6.45) is 18.4. The molecule has 0 fully saturated rings. The van der Waals surface area contributed by atoms with Crippen molar-refractivity contribution >= 4 is 0 Å². The molecule has 1 heterocycles. The van der Waals surface area contributed by atoms with Crippen LogP contribution in [0, 0.1) is 0 Å². The van der Waals surface area contributed by atoms with Gasteiger partial charge in [-0.15, -0.1) is 5.10 Å². The van der Waals surface area contributed by atoms with Gasteiger partial charge in [0.1, 0.15) is 0 Å². The molecule has 0 bridgehead atoms. The Bertz CT molecular complexity index is 572. The topological polar surface area (TPSA) is 30.7 Å². The van der Waals surface area contributed by atoms with Gasteiger partial charge in [0.05, 0.1) is 12.2 Å².